The van der Waals surface area contributed by atoms with E-state index in [1.807, 2.05) is 0 Å². The number of nitriles is 1. The van der Waals surface area contributed by atoms with Crippen LogP contribution >= 0.6 is 11.6 Å². The molecule has 0 aliphatic heterocycles. The summed E-state index contributed by atoms with van der Waals surface area (Å²) in [5.41, 5.74) is -0.294. The molecule has 0 aliphatic carbocycles. The van der Waals surface area contributed by atoms with Crippen molar-refractivity contribution in [1.29, 1.82) is 5.26 Å². The average molecular weight is 337 g/mol. The van der Waals surface area contributed by atoms with E-state index < -0.39 is 16.1 Å². The fraction of sp³-hybridized carbons (Fsp3) is 0. The van der Waals surface area contributed by atoms with Crippen molar-refractivity contribution >= 4 is 27.7 Å². The van der Waals surface area contributed by atoms with Crippen molar-refractivity contribution in [3.63, 3.8) is 0 Å². The second-order valence-corrected chi connectivity index (χ2v) is 6.00. The summed E-state index contributed by atoms with van der Waals surface area (Å²) >= 11 is 5.80. The van der Waals surface area contributed by atoms with E-state index in [0.29, 0.717) is 0 Å². The van der Waals surface area contributed by atoms with Crippen molar-refractivity contribution in [3.8, 4) is 11.8 Å². The number of carbonyl (C=O) groups is 1. The van der Waals surface area contributed by atoms with Crippen LogP contribution in [0.15, 0.2) is 47.4 Å². The fourth-order valence-electron chi connectivity index (χ4n) is 1.64. The van der Waals surface area contributed by atoms with Crippen LogP contribution in [0.1, 0.15) is 15.9 Å². The standard InChI is InChI=1S/C14H8ClNO5S/c15-11-7-9(14(17)18)5-6-12(11)21-22(19,20)13-4-2-1-3-10(13)8-16/h1-7H,(H,17,18)/p-1. The summed E-state index contributed by atoms with van der Waals surface area (Å²) in [5, 5.41) is 19.4. The van der Waals surface area contributed by atoms with E-state index in [2.05, 4.69) is 0 Å². The molecule has 112 valence electrons. The third-order valence-corrected chi connectivity index (χ3v) is 4.23. The highest BCUT2D eigenvalue weighted by Gasteiger charge is 2.22. The maximum absolute atomic E-state index is 12.2. The molecule has 0 N–H and O–H groups in total. The van der Waals surface area contributed by atoms with Crippen molar-refractivity contribution in [2.75, 3.05) is 0 Å². The summed E-state index contributed by atoms with van der Waals surface area (Å²) in [7, 11) is -4.28. The lowest BCUT2D eigenvalue weighted by atomic mass is 10.2. The van der Waals surface area contributed by atoms with E-state index >= 15 is 0 Å². The number of benzene rings is 2. The third-order valence-electron chi connectivity index (χ3n) is 2.64. The number of carboxylic acid groups (broad SMARTS) is 1. The molecule has 0 amide bonds. The van der Waals surface area contributed by atoms with Gasteiger partial charge in [-0.05, 0) is 35.9 Å². The van der Waals surface area contributed by atoms with Crippen LogP contribution in [-0.4, -0.2) is 14.4 Å². The first kappa shape index (κ1) is 15.8. The number of carbonyl (C=O) groups excluding carboxylic acids is 1. The van der Waals surface area contributed by atoms with Gasteiger partial charge in [-0.1, -0.05) is 23.7 Å². The molecule has 0 radical (unpaired) electrons. The molecular formula is C14H7ClNO5S-. The minimum Gasteiger partial charge on any atom is -0.545 e. The summed E-state index contributed by atoms with van der Waals surface area (Å²) < 4.78 is 29.3. The second-order valence-electron chi connectivity index (χ2n) is 4.08. The molecule has 0 saturated carbocycles. The summed E-state index contributed by atoms with van der Waals surface area (Å²) in [4.78, 5) is 10.4. The molecule has 0 bridgehead atoms. The highest BCUT2D eigenvalue weighted by Crippen LogP contribution is 2.29. The minimum absolute atomic E-state index is 0.0787. The molecule has 0 aliphatic rings. The van der Waals surface area contributed by atoms with Crippen molar-refractivity contribution in [3.05, 3.63) is 58.6 Å². The van der Waals surface area contributed by atoms with Crippen molar-refractivity contribution < 1.29 is 22.5 Å². The van der Waals surface area contributed by atoms with Crippen LogP contribution < -0.4 is 9.29 Å². The molecule has 0 aromatic heterocycles. The maximum atomic E-state index is 12.2. The lowest BCUT2D eigenvalue weighted by molar-refractivity contribution is -0.255. The topological polar surface area (TPSA) is 107 Å². The molecule has 2 aromatic carbocycles. The van der Waals surface area contributed by atoms with Crippen LogP contribution in [0.3, 0.4) is 0 Å². The summed E-state index contributed by atoms with van der Waals surface area (Å²) in [6, 6.07) is 10.5. The van der Waals surface area contributed by atoms with Gasteiger partial charge in [-0.2, -0.15) is 13.7 Å². The van der Waals surface area contributed by atoms with Crippen LogP contribution in [0.4, 0.5) is 0 Å². The van der Waals surface area contributed by atoms with Crippen LogP contribution in [0.5, 0.6) is 5.75 Å². The van der Waals surface area contributed by atoms with Crippen LogP contribution in [0, 0.1) is 11.3 Å². The summed E-state index contributed by atoms with van der Waals surface area (Å²) in [6.07, 6.45) is 0. The van der Waals surface area contributed by atoms with Gasteiger partial charge in [-0.15, -0.1) is 0 Å². The van der Waals surface area contributed by atoms with Crippen molar-refractivity contribution in [2.45, 2.75) is 4.90 Å². The van der Waals surface area contributed by atoms with Crippen LogP contribution in [0.25, 0.3) is 0 Å². The summed E-state index contributed by atoms with van der Waals surface area (Å²) in [6.45, 7) is 0. The first-order valence-corrected chi connectivity index (χ1v) is 7.58. The highest BCUT2D eigenvalue weighted by atomic mass is 35.5. The second kappa shape index (κ2) is 6.05. The predicted octanol–water partition coefficient (Wildman–Crippen LogP) is 1.34. The van der Waals surface area contributed by atoms with E-state index in [-0.39, 0.29) is 26.8 Å². The Morgan fingerprint density at radius 1 is 1.23 bits per heavy atom. The molecule has 6 nitrogen and oxygen atoms in total. The molecule has 2 aromatic rings. The number of carboxylic acids is 1. The molecule has 0 atom stereocenters. The van der Waals surface area contributed by atoms with Gasteiger partial charge in [0.2, 0.25) is 0 Å². The molecule has 0 spiro atoms. The van der Waals surface area contributed by atoms with E-state index in [0.717, 1.165) is 18.2 Å². The normalized spacial score (nSPS) is 10.7. The Bertz CT molecular complexity index is 886. The largest absolute Gasteiger partial charge is 0.545 e. The monoisotopic (exact) mass is 336 g/mol. The Morgan fingerprint density at radius 3 is 2.50 bits per heavy atom. The quantitative estimate of drug-likeness (QED) is 0.780. The lowest BCUT2D eigenvalue weighted by Crippen LogP contribution is -2.22. The zero-order valence-corrected chi connectivity index (χ0v) is 12.4. The van der Waals surface area contributed by atoms with Crippen LogP contribution in [-0.2, 0) is 10.1 Å². The van der Waals surface area contributed by atoms with Gasteiger partial charge in [0.1, 0.15) is 11.0 Å². The van der Waals surface area contributed by atoms with E-state index in [9.17, 15) is 18.3 Å². The zero-order chi connectivity index (χ0) is 16.3. The predicted molar refractivity (Wildman–Crippen MR) is 74.8 cm³/mol. The Hall–Kier alpha value is -2.56. The van der Waals surface area contributed by atoms with Gasteiger partial charge < -0.3 is 14.1 Å². The Morgan fingerprint density at radius 2 is 1.91 bits per heavy atom. The Kier molecular flexibility index (Phi) is 4.35. The van der Waals surface area contributed by atoms with Crippen molar-refractivity contribution in [1.82, 2.24) is 0 Å². The fourth-order valence-corrected chi connectivity index (χ4v) is 3.00. The van der Waals surface area contributed by atoms with Crippen LogP contribution in [0.2, 0.25) is 5.02 Å². The van der Waals surface area contributed by atoms with E-state index in [4.69, 9.17) is 21.0 Å². The van der Waals surface area contributed by atoms with Crippen molar-refractivity contribution in [2.24, 2.45) is 0 Å². The molecule has 22 heavy (non-hydrogen) atoms. The molecule has 0 fully saturated rings. The Labute approximate surface area is 131 Å². The van der Waals surface area contributed by atoms with Gasteiger partial charge in [-0.25, -0.2) is 0 Å². The smallest absolute Gasteiger partial charge is 0.340 e. The van der Waals surface area contributed by atoms with Gasteiger partial charge in [0.25, 0.3) is 0 Å². The zero-order valence-electron chi connectivity index (χ0n) is 10.8. The summed E-state index contributed by atoms with van der Waals surface area (Å²) in [5.74, 6) is -1.70. The molecule has 0 saturated heterocycles. The van der Waals surface area contributed by atoms with Gasteiger partial charge in [0.15, 0.2) is 5.75 Å². The van der Waals surface area contributed by atoms with Gasteiger partial charge in [-0.3, -0.25) is 0 Å². The molecule has 2 rings (SSSR count). The minimum atomic E-state index is -4.28. The first-order chi connectivity index (χ1) is 10.3. The number of hydrogen-bond donors (Lipinski definition) is 0. The van der Waals surface area contributed by atoms with Gasteiger partial charge >= 0.3 is 10.1 Å². The molecular weight excluding hydrogens is 330 g/mol. The SMILES string of the molecule is N#Cc1ccccc1S(=O)(=O)Oc1ccc(C(=O)[O-])cc1Cl. The number of hydrogen-bond acceptors (Lipinski definition) is 6. The third kappa shape index (κ3) is 3.19. The molecule has 0 heterocycles. The van der Waals surface area contributed by atoms with E-state index in [1.54, 1.807) is 6.07 Å². The maximum Gasteiger partial charge on any atom is 0.340 e. The molecule has 0 unspecified atom stereocenters. The van der Waals surface area contributed by atoms with Gasteiger partial charge in [0, 0.05) is 0 Å². The Balaban J connectivity index is 2.42. The lowest BCUT2D eigenvalue weighted by Gasteiger charge is -2.11. The van der Waals surface area contributed by atoms with E-state index in [1.165, 1.54) is 24.3 Å². The van der Waals surface area contributed by atoms with Gasteiger partial charge in [0.05, 0.1) is 16.6 Å². The molecule has 8 heteroatoms. The highest BCUT2D eigenvalue weighted by molar-refractivity contribution is 7.87. The number of aromatic carboxylic acids is 1. The number of nitrogens with zero attached hydrogens (tertiary/aromatic N) is 1. The average Bonchev–Trinajstić information content (AvgIpc) is 2.49. The first-order valence-electron chi connectivity index (χ1n) is 5.79. The number of halogens is 1. The number of rotatable bonds is 4.